The number of oxazole rings is 1. The molecule has 2 aromatic carbocycles. The summed E-state index contributed by atoms with van der Waals surface area (Å²) in [4.78, 5) is 7.65. The number of aromatic amines is 1. The lowest BCUT2D eigenvalue weighted by molar-refractivity contribution is -0.137. The van der Waals surface area contributed by atoms with E-state index < -0.39 is 23.9 Å². The highest BCUT2D eigenvalue weighted by Gasteiger charge is 2.34. The van der Waals surface area contributed by atoms with Crippen molar-refractivity contribution in [3.63, 3.8) is 0 Å². The van der Waals surface area contributed by atoms with E-state index in [2.05, 4.69) is 15.3 Å². The number of anilines is 1. The van der Waals surface area contributed by atoms with E-state index in [4.69, 9.17) is 9.83 Å². The number of aromatic nitrogens is 3. The van der Waals surface area contributed by atoms with Crippen LogP contribution in [0.4, 0.5) is 19.1 Å². The van der Waals surface area contributed by atoms with Crippen LogP contribution in [0.3, 0.4) is 0 Å². The average Bonchev–Trinajstić information content (AvgIpc) is 3.33. The van der Waals surface area contributed by atoms with Crippen molar-refractivity contribution >= 4 is 17.0 Å². The van der Waals surface area contributed by atoms with E-state index >= 15 is 0 Å². The molecule has 0 radical (unpaired) electrons. The Morgan fingerprint density at radius 3 is 2.61 bits per heavy atom. The van der Waals surface area contributed by atoms with E-state index in [1.54, 1.807) is 17.7 Å². The van der Waals surface area contributed by atoms with Crippen molar-refractivity contribution in [2.75, 3.05) is 11.9 Å². The van der Waals surface area contributed by atoms with Crippen molar-refractivity contribution < 1.29 is 22.7 Å². The van der Waals surface area contributed by atoms with Crippen molar-refractivity contribution in [1.82, 2.24) is 14.5 Å². The molecule has 4 aromatic rings. The highest BCUT2D eigenvalue weighted by Crippen LogP contribution is 2.33. The Morgan fingerprint density at radius 1 is 1.19 bits per heavy atom. The zero-order valence-electron chi connectivity index (χ0n) is 16.5. The fourth-order valence-electron chi connectivity index (χ4n) is 3.39. The van der Waals surface area contributed by atoms with Crippen LogP contribution in [0.1, 0.15) is 23.6 Å². The van der Waals surface area contributed by atoms with Gasteiger partial charge in [0.25, 0.3) is 5.68 Å². The van der Waals surface area contributed by atoms with Crippen molar-refractivity contribution in [2.45, 2.75) is 25.2 Å². The summed E-state index contributed by atoms with van der Waals surface area (Å²) in [7, 11) is 0. The van der Waals surface area contributed by atoms with Gasteiger partial charge in [-0.15, -0.1) is 0 Å². The first-order valence-electron chi connectivity index (χ1n) is 9.42. The maximum Gasteiger partial charge on any atom is 0.416 e. The molecule has 10 heteroatoms. The second-order valence-corrected chi connectivity index (χ2v) is 7.43. The molecule has 0 saturated heterocycles. The summed E-state index contributed by atoms with van der Waals surface area (Å²) in [5.41, 5.74) is 0.459. The van der Waals surface area contributed by atoms with Crippen LogP contribution in [0.2, 0.25) is 0 Å². The normalized spacial score (nSPS) is 14.0. The zero-order chi connectivity index (χ0) is 22.2. The molecule has 0 fully saturated rings. The third-order valence-corrected chi connectivity index (χ3v) is 5.16. The standard InChI is InChI=1S/C21H20F3N5O2/c1-20(12-30,14-5-3-6-15(10-14)21(22,23)24)28-19-26-16-7-2-4-13(17(16)27-19)11-29-8-9-31-18(29)25/h2-10,25,30H,11-12H2,1H3,(H2,26,27,28). The van der Waals surface area contributed by atoms with Gasteiger partial charge in [0, 0.05) is 6.20 Å². The molecule has 0 aliphatic rings. The van der Waals surface area contributed by atoms with Gasteiger partial charge in [0.2, 0.25) is 5.95 Å². The lowest BCUT2D eigenvalue weighted by atomic mass is 9.91. The van der Waals surface area contributed by atoms with Crippen LogP contribution >= 0.6 is 0 Å². The van der Waals surface area contributed by atoms with Gasteiger partial charge in [-0.3, -0.25) is 9.98 Å². The van der Waals surface area contributed by atoms with Crippen molar-refractivity contribution in [3.05, 3.63) is 77.3 Å². The Labute approximate surface area is 174 Å². The molecule has 2 heterocycles. The molecule has 0 aliphatic heterocycles. The summed E-state index contributed by atoms with van der Waals surface area (Å²) in [6, 6.07) is 10.4. The minimum Gasteiger partial charge on any atom is -0.432 e. The van der Waals surface area contributed by atoms with Gasteiger partial charge in [0.05, 0.1) is 35.3 Å². The fourth-order valence-corrected chi connectivity index (χ4v) is 3.39. The second kappa shape index (κ2) is 7.62. The van der Waals surface area contributed by atoms with Crippen molar-refractivity contribution in [3.8, 4) is 0 Å². The van der Waals surface area contributed by atoms with Gasteiger partial charge in [-0.25, -0.2) is 4.98 Å². The number of rotatable bonds is 6. The number of nitrogens with zero attached hydrogens (tertiary/aromatic N) is 2. The first kappa shape index (κ1) is 20.7. The Hall–Kier alpha value is -3.53. The maximum absolute atomic E-state index is 13.1. The summed E-state index contributed by atoms with van der Waals surface area (Å²) in [6.07, 6.45) is -1.42. The Kier molecular flexibility index (Phi) is 5.10. The van der Waals surface area contributed by atoms with Crippen LogP contribution in [0.15, 0.2) is 59.3 Å². The molecular weight excluding hydrogens is 411 g/mol. The van der Waals surface area contributed by atoms with Gasteiger partial charge < -0.3 is 19.8 Å². The number of aliphatic hydroxyl groups excluding tert-OH is 1. The van der Waals surface area contributed by atoms with Gasteiger partial charge >= 0.3 is 6.18 Å². The molecule has 4 N–H and O–H groups in total. The number of fused-ring (bicyclic) bond motifs is 1. The zero-order valence-corrected chi connectivity index (χ0v) is 16.5. The number of benzene rings is 2. The Morgan fingerprint density at radius 2 is 1.94 bits per heavy atom. The lowest BCUT2D eigenvalue weighted by Gasteiger charge is -2.29. The van der Waals surface area contributed by atoms with E-state index in [1.807, 2.05) is 18.2 Å². The van der Waals surface area contributed by atoms with E-state index in [-0.39, 0.29) is 11.2 Å². The fraction of sp³-hybridized carbons (Fsp3) is 0.238. The molecule has 1 unspecified atom stereocenters. The molecule has 7 nitrogen and oxygen atoms in total. The first-order valence-corrected chi connectivity index (χ1v) is 9.42. The van der Waals surface area contributed by atoms with Crippen LogP contribution in [-0.2, 0) is 18.3 Å². The Bertz CT molecular complexity index is 1270. The third kappa shape index (κ3) is 4.06. The van der Waals surface area contributed by atoms with Crippen LogP contribution in [0.5, 0.6) is 0 Å². The molecule has 0 bridgehead atoms. The molecule has 31 heavy (non-hydrogen) atoms. The molecule has 4 rings (SSSR count). The van der Waals surface area contributed by atoms with Crippen LogP contribution in [0.25, 0.3) is 11.0 Å². The maximum atomic E-state index is 13.1. The third-order valence-electron chi connectivity index (χ3n) is 5.16. The number of nitrogens with one attached hydrogen (secondary N) is 3. The van der Waals surface area contributed by atoms with Crippen molar-refractivity contribution in [2.24, 2.45) is 0 Å². The predicted octanol–water partition coefficient (Wildman–Crippen LogP) is 3.82. The molecule has 1 atom stereocenters. The minimum absolute atomic E-state index is 0.00305. The summed E-state index contributed by atoms with van der Waals surface area (Å²) < 4.78 is 46.0. The highest BCUT2D eigenvalue weighted by molar-refractivity contribution is 5.81. The first-order chi connectivity index (χ1) is 14.7. The molecule has 162 valence electrons. The molecule has 0 spiro atoms. The van der Waals surface area contributed by atoms with Gasteiger partial charge in [-0.2, -0.15) is 13.2 Å². The van der Waals surface area contributed by atoms with E-state index in [0.29, 0.717) is 23.5 Å². The number of alkyl halides is 3. The van der Waals surface area contributed by atoms with Crippen molar-refractivity contribution in [1.29, 1.82) is 5.41 Å². The van der Waals surface area contributed by atoms with Gasteiger partial charge in [0.15, 0.2) is 0 Å². The summed E-state index contributed by atoms with van der Waals surface area (Å²) in [6.45, 7) is 1.51. The van der Waals surface area contributed by atoms with E-state index in [1.165, 1.54) is 18.4 Å². The number of imidazole rings is 1. The highest BCUT2D eigenvalue weighted by atomic mass is 19.4. The Balaban J connectivity index is 1.68. The number of halogens is 3. The largest absolute Gasteiger partial charge is 0.432 e. The number of aliphatic hydroxyl groups is 1. The monoisotopic (exact) mass is 431 g/mol. The summed E-state index contributed by atoms with van der Waals surface area (Å²) in [5, 5.41) is 20.8. The summed E-state index contributed by atoms with van der Waals surface area (Å²) in [5.74, 6) is 0.305. The molecular formula is C21H20F3N5O2. The minimum atomic E-state index is -4.48. The smallest absolute Gasteiger partial charge is 0.416 e. The van der Waals surface area contributed by atoms with E-state index in [0.717, 1.165) is 17.7 Å². The van der Waals surface area contributed by atoms with Crippen LogP contribution in [-0.4, -0.2) is 26.2 Å². The molecule has 0 saturated carbocycles. The quantitative estimate of drug-likeness (QED) is 0.373. The topological polar surface area (TPSA) is 103 Å². The number of hydrogen-bond acceptors (Lipinski definition) is 5. The van der Waals surface area contributed by atoms with Gasteiger partial charge in [-0.05, 0) is 36.2 Å². The second-order valence-electron chi connectivity index (χ2n) is 7.43. The number of para-hydroxylation sites is 1. The van der Waals surface area contributed by atoms with Crippen LogP contribution < -0.4 is 11.0 Å². The number of H-pyrrole nitrogens is 1. The van der Waals surface area contributed by atoms with Gasteiger partial charge in [-0.1, -0.05) is 24.3 Å². The molecule has 0 amide bonds. The average molecular weight is 431 g/mol. The predicted molar refractivity (Wildman–Crippen MR) is 107 cm³/mol. The van der Waals surface area contributed by atoms with E-state index in [9.17, 15) is 18.3 Å². The SMILES string of the molecule is CC(CO)(Nc1nc2c(Cn3ccoc3=N)cccc2[nH]1)c1cccc(C(F)(F)F)c1. The number of hydrogen-bond donors (Lipinski definition) is 4. The molecule has 2 aromatic heterocycles. The lowest BCUT2D eigenvalue weighted by Crippen LogP contribution is -2.36. The summed E-state index contributed by atoms with van der Waals surface area (Å²) >= 11 is 0. The molecule has 0 aliphatic carbocycles. The van der Waals surface area contributed by atoms with Gasteiger partial charge in [0.1, 0.15) is 6.26 Å². The van der Waals surface area contributed by atoms with Crippen LogP contribution in [0, 0.1) is 5.41 Å².